The van der Waals surface area contributed by atoms with E-state index in [1.54, 1.807) is 31.6 Å². The lowest BCUT2D eigenvalue weighted by Crippen LogP contribution is -2.17. The number of rotatable bonds is 5. The van der Waals surface area contributed by atoms with Crippen LogP contribution in [-0.4, -0.2) is 21.3 Å². The van der Waals surface area contributed by atoms with Crippen molar-refractivity contribution in [2.45, 2.75) is 13.0 Å². The van der Waals surface area contributed by atoms with Gasteiger partial charge in [0.15, 0.2) is 11.5 Å². The molecule has 1 heterocycles. The summed E-state index contributed by atoms with van der Waals surface area (Å²) in [5.41, 5.74) is 1.97. The van der Waals surface area contributed by atoms with Crippen molar-refractivity contribution in [3.8, 4) is 11.5 Å². The maximum absolute atomic E-state index is 6.41. The largest absolute Gasteiger partial charge is 0.493 e. The molecule has 0 saturated carbocycles. The van der Waals surface area contributed by atoms with E-state index in [1.165, 1.54) is 0 Å². The first-order chi connectivity index (χ1) is 10.0. The minimum absolute atomic E-state index is 0.0940. The predicted octanol–water partition coefficient (Wildman–Crippen LogP) is 4.69. The van der Waals surface area contributed by atoms with Crippen molar-refractivity contribution < 1.29 is 9.47 Å². The van der Waals surface area contributed by atoms with E-state index >= 15 is 0 Å². The Hall–Kier alpha value is -0.940. The molecule has 0 aliphatic carbocycles. The molecule has 0 amide bonds. The van der Waals surface area contributed by atoms with Crippen LogP contribution in [0.4, 0.5) is 0 Å². The number of thiophene rings is 1. The van der Waals surface area contributed by atoms with E-state index in [9.17, 15) is 0 Å². The molecule has 1 aromatic heterocycles. The predicted molar refractivity (Wildman–Crippen MR) is 89.5 cm³/mol. The Morgan fingerprint density at radius 2 is 1.76 bits per heavy atom. The summed E-state index contributed by atoms with van der Waals surface area (Å²) in [7, 11) is 5.07. The number of nitrogens with one attached hydrogen (secondary N) is 1. The van der Waals surface area contributed by atoms with Gasteiger partial charge >= 0.3 is 0 Å². The summed E-state index contributed by atoms with van der Waals surface area (Å²) in [5.74, 6) is 1.25. The molecule has 1 N–H and O–H groups in total. The minimum Gasteiger partial charge on any atom is -0.493 e. The van der Waals surface area contributed by atoms with Gasteiger partial charge in [-0.15, -0.1) is 11.3 Å². The molecule has 0 fully saturated rings. The SMILES string of the molecule is CNC(c1cc(OC)c(OC)cc1Cl)c1scc(C)c1Cl. The van der Waals surface area contributed by atoms with Gasteiger partial charge in [-0.05, 0) is 36.5 Å². The van der Waals surface area contributed by atoms with Crippen LogP contribution in [0, 0.1) is 6.92 Å². The van der Waals surface area contributed by atoms with Crippen LogP contribution >= 0.6 is 34.5 Å². The van der Waals surface area contributed by atoms with Gasteiger partial charge in [0.2, 0.25) is 0 Å². The number of hydrogen-bond donors (Lipinski definition) is 1. The maximum atomic E-state index is 6.41. The molecule has 1 atom stereocenters. The standard InChI is InChI=1S/C15H17Cl2NO2S/c1-8-7-21-15(13(8)17)14(18-2)9-5-11(19-3)12(20-4)6-10(9)16/h5-7,14,18H,1-4H3. The lowest BCUT2D eigenvalue weighted by molar-refractivity contribution is 0.354. The van der Waals surface area contributed by atoms with E-state index in [-0.39, 0.29) is 6.04 Å². The third-order valence-electron chi connectivity index (χ3n) is 3.29. The second-order valence-corrected chi connectivity index (χ2v) is 6.24. The molecule has 2 rings (SSSR count). The highest BCUT2D eigenvalue weighted by molar-refractivity contribution is 7.10. The summed E-state index contributed by atoms with van der Waals surface area (Å²) in [4.78, 5) is 1.03. The van der Waals surface area contributed by atoms with Crippen LogP contribution in [0.1, 0.15) is 22.0 Å². The molecule has 0 aliphatic heterocycles. The summed E-state index contributed by atoms with van der Waals surface area (Å²) >= 11 is 14.4. The summed E-state index contributed by atoms with van der Waals surface area (Å²) in [6.45, 7) is 1.99. The average Bonchev–Trinajstić information content (AvgIpc) is 2.81. The Bertz CT molecular complexity index is 643. The van der Waals surface area contributed by atoms with Crippen LogP contribution < -0.4 is 14.8 Å². The van der Waals surface area contributed by atoms with Crippen LogP contribution in [0.15, 0.2) is 17.5 Å². The fourth-order valence-corrected chi connectivity index (χ4v) is 3.86. The maximum Gasteiger partial charge on any atom is 0.162 e. The van der Waals surface area contributed by atoms with E-state index in [2.05, 4.69) is 5.32 Å². The van der Waals surface area contributed by atoms with Gasteiger partial charge in [-0.1, -0.05) is 23.2 Å². The zero-order valence-corrected chi connectivity index (χ0v) is 14.6. The molecule has 0 saturated heterocycles. The van der Waals surface area contributed by atoms with Crippen molar-refractivity contribution in [2.75, 3.05) is 21.3 Å². The molecule has 2 aromatic rings. The first-order valence-electron chi connectivity index (χ1n) is 6.35. The van der Waals surface area contributed by atoms with Crippen molar-refractivity contribution in [3.05, 3.63) is 43.6 Å². The van der Waals surface area contributed by atoms with Gasteiger partial charge in [0.05, 0.1) is 25.3 Å². The van der Waals surface area contributed by atoms with Gasteiger partial charge in [0.1, 0.15) is 0 Å². The van der Waals surface area contributed by atoms with E-state index in [0.717, 1.165) is 21.0 Å². The molecule has 0 spiro atoms. The van der Waals surface area contributed by atoms with E-state index < -0.39 is 0 Å². The highest BCUT2D eigenvalue weighted by Crippen LogP contribution is 2.41. The highest BCUT2D eigenvalue weighted by Gasteiger charge is 2.22. The number of benzene rings is 1. The monoisotopic (exact) mass is 345 g/mol. The topological polar surface area (TPSA) is 30.5 Å². The molecule has 1 aromatic carbocycles. The van der Waals surface area contributed by atoms with Gasteiger partial charge in [0.25, 0.3) is 0 Å². The number of methoxy groups -OCH3 is 2. The van der Waals surface area contributed by atoms with Gasteiger partial charge < -0.3 is 14.8 Å². The Labute approximate surface area is 138 Å². The van der Waals surface area contributed by atoms with Crippen LogP contribution in [0.5, 0.6) is 11.5 Å². The van der Waals surface area contributed by atoms with Crippen molar-refractivity contribution >= 4 is 34.5 Å². The normalized spacial score (nSPS) is 12.3. The summed E-state index contributed by atoms with van der Waals surface area (Å²) in [5, 5.41) is 6.68. The summed E-state index contributed by atoms with van der Waals surface area (Å²) in [6.07, 6.45) is 0. The molecule has 0 radical (unpaired) electrons. The fraction of sp³-hybridized carbons (Fsp3) is 0.333. The first-order valence-corrected chi connectivity index (χ1v) is 7.99. The molecule has 21 heavy (non-hydrogen) atoms. The third-order valence-corrected chi connectivity index (χ3v) is 5.40. The lowest BCUT2D eigenvalue weighted by Gasteiger charge is -2.19. The van der Waals surface area contributed by atoms with Crippen LogP contribution in [-0.2, 0) is 0 Å². The average molecular weight is 346 g/mol. The highest BCUT2D eigenvalue weighted by atomic mass is 35.5. The Morgan fingerprint density at radius 3 is 2.24 bits per heavy atom. The molecule has 3 nitrogen and oxygen atoms in total. The summed E-state index contributed by atoms with van der Waals surface area (Å²) < 4.78 is 10.6. The van der Waals surface area contributed by atoms with Crippen molar-refractivity contribution in [3.63, 3.8) is 0 Å². The molecular weight excluding hydrogens is 329 g/mol. The van der Waals surface area contributed by atoms with Gasteiger partial charge in [-0.3, -0.25) is 0 Å². The van der Waals surface area contributed by atoms with Crippen LogP contribution in [0.25, 0.3) is 0 Å². The number of ether oxygens (including phenoxy) is 2. The Balaban J connectivity index is 2.55. The van der Waals surface area contributed by atoms with E-state index in [1.807, 2.05) is 25.4 Å². The molecule has 0 bridgehead atoms. The van der Waals surface area contributed by atoms with E-state index in [4.69, 9.17) is 32.7 Å². The second kappa shape index (κ2) is 6.88. The quantitative estimate of drug-likeness (QED) is 0.852. The molecular formula is C15H17Cl2NO2S. The van der Waals surface area contributed by atoms with Gasteiger partial charge in [0, 0.05) is 16.0 Å². The van der Waals surface area contributed by atoms with Crippen LogP contribution in [0.2, 0.25) is 10.0 Å². The van der Waals surface area contributed by atoms with Crippen LogP contribution in [0.3, 0.4) is 0 Å². The van der Waals surface area contributed by atoms with Crippen molar-refractivity contribution in [1.82, 2.24) is 5.32 Å². The number of hydrogen-bond acceptors (Lipinski definition) is 4. The molecule has 6 heteroatoms. The van der Waals surface area contributed by atoms with Crippen molar-refractivity contribution in [2.24, 2.45) is 0 Å². The minimum atomic E-state index is -0.0940. The van der Waals surface area contributed by atoms with E-state index in [0.29, 0.717) is 16.5 Å². The van der Waals surface area contributed by atoms with Gasteiger partial charge in [-0.25, -0.2) is 0 Å². The second-order valence-electron chi connectivity index (χ2n) is 4.55. The fourth-order valence-electron chi connectivity index (χ4n) is 2.16. The Morgan fingerprint density at radius 1 is 1.14 bits per heavy atom. The first kappa shape index (κ1) is 16.4. The molecule has 114 valence electrons. The zero-order chi connectivity index (χ0) is 15.6. The lowest BCUT2D eigenvalue weighted by atomic mass is 10.0. The number of aryl methyl sites for hydroxylation is 1. The molecule has 1 unspecified atom stereocenters. The third kappa shape index (κ3) is 3.14. The Kier molecular flexibility index (Phi) is 5.38. The molecule has 0 aliphatic rings. The summed E-state index contributed by atoms with van der Waals surface area (Å²) in [6, 6.07) is 3.55. The van der Waals surface area contributed by atoms with Crippen molar-refractivity contribution in [1.29, 1.82) is 0 Å². The van der Waals surface area contributed by atoms with Gasteiger partial charge in [-0.2, -0.15) is 0 Å². The smallest absolute Gasteiger partial charge is 0.162 e. The zero-order valence-electron chi connectivity index (χ0n) is 12.3. The number of halogens is 2.